The zero-order chi connectivity index (χ0) is 21.8. The second kappa shape index (κ2) is 10.2. The van der Waals surface area contributed by atoms with E-state index in [0.717, 1.165) is 5.56 Å². The molecule has 0 atom stereocenters. The van der Waals surface area contributed by atoms with E-state index >= 15 is 0 Å². The summed E-state index contributed by atoms with van der Waals surface area (Å²) in [6.07, 6.45) is 3.39. The number of hydrogen-bond donors (Lipinski definition) is 2. The van der Waals surface area contributed by atoms with E-state index in [1.807, 2.05) is 12.1 Å². The first-order valence-electron chi connectivity index (χ1n) is 9.24. The summed E-state index contributed by atoms with van der Waals surface area (Å²) >= 11 is 0. The number of nitrogens with zero attached hydrogens (tertiary/aromatic N) is 3. The number of hydrogen-bond acceptors (Lipinski definition) is 7. The second-order valence-electron chi connectivity index (χ2n) is 6.67. The Morgan fingerprint density at radius 1 is 0.938 bits per heavy atom. The molecule has 0 bridgehead atoms. The molecule has 0 saturated heterocycles. The summed E-state index contributed by atoms with van der Waals surface area (Å²) in [5.41, 5.74) is 8.04. The Labute approximate surface area is 207 Å². The van der Waals surface area contributed by atoms with Gasteiger partial charge in [0.25, 0.3) is 10.1 Å². The number of fused-ring (bicyclic) bond motifs is 1. The number of nitrogen functional groups attached to an aromatic ring is 1. The number of anilines is 1. The van der Waals surface area contributed by atoms with Crippen LogP contribution in [0.5, 0.6) is 5.75 Å². The van der Waals surface area contributed by atoms with Crippen molar-refractivity contribution in [2.24, 2.45) is 10.2 Å². The number of aromatic nitrogens is 1. The molecule has 158 valence electrons. The Morgan fingerprint density at radius 3 is 2.38 bits per heavy atom. The number of rotatable bonds is 6. The van der Waals surface area contributed by atoms with Gasteiger partial charge < -0.3 is 10.5 Å². The van der Waals surface area contributed by atoms with Crippen LogP contribution in [0.25, 0.3) is 10.8 Å². The molecule has 0 aliphatic carbocycles. The normalized spacial score (nSPS) is 11.4. The van der Waals surface area contributed by atoms with Crippen molar-refractivity contribution in [3.05, 3.63) is 84.7 Å². The molecule has 0 fully saturated rings. The first-order valence-corrected chi connectivity index (χ1v) is 10.7. The van der Waals surface area contributed by atoms with Gasteiger partial charge >= 0.3 is 29.6 Å². The van der Waals surface area contributed by atoms with Crippen molar-refractivity contribution in [3.8, 4) is 5.75 Å². The molecule has 4 rings (SSSR count). The van der Waals surface area contributed by atoms with E-state index in [4.69, 9.17) is 10.5 Å². The van der Waals surface area contributed by atoms with Crippen LogP contribution in [0, 0.1) is 0 Å². The minimum atomic E-state index is -4.47. The van der Waals surface area contributed by atoms with Crippen molar-refractivity contribution in [1.29, 1.82) is 0 Å². The van der Waals surface area contributed by atoms with Crippen LogP contribution >= 0.6 is 0 Å². The molecule has 0 unspecified atom stereocenters. The first kappa shape index (κ1) is 23.8. The van der Waals surface area contributed by atoms with Gasteiger partial charge in [0.1, 0.15) is 22.9 Å². The van der Waals surface area contributed by atoms with Gasteiger partial charge in [0.05, 0.1) is 11.4 Å². The molecule has 32 heavy (non-hydrogen) atoms. The summed E-state index contributed by atoms with van der Waals surface area (Å²) < 4.78 is 39.1. The molecule has 0 amide bonds. The fraction of sp³-hybridized carbons (Fsp3) is 0.0455. The van der Waals surface area contributed by atoms with E-state index in [9.17, 15) is 13.0 Å². The second-order valence-corrected chi connectivity index (χ2v) is 8.06. The van der Waals surface area contributed by atoms with Crippen LogP contribution in [-0.2, 0) is 16.7 Å². The number of benzene rings is 3. The molecule has 0 aliphatic rings. The number of azo groups is 1. The molecular weight excluding hydrogens is 439 g/mol. The minimum absolute atomic E-state index is 0. The van der Waals surface area contributed by atoms with Crippen molar-refractivity contribution >= 4 is 67.5 Å². The number of ether oxygens (including phenoxy) is 1. The van der Waals surface area contributed by atoms with Gasteiger partial charge in [-0.15, -0.1) is 5.11 Å². The van der Waals surface area contributed by atoms with Crippen LogP contribution in [0.15, 0.2) is 94.2 Å². The SMILES string of the molecule is Nc1c(/N=N/c2cccc(OCc3ccncc3)c2)cc(S(=O)(=O)O)c2ccccc12.[NaH]. The molecule has 0 saturated carbocycles. The standard InChI is InChI=1S/C22H18N4O4S.Na.H/c23-22-19-7-2-1-6-18(19)21(31(27,28)29)13-20(22)26-25-16-4-3-5-17(12-16)30-14-15-8-10-24-11-9-15;;/h1-13H,14,23H2,(H,27,28,29);;/b26-25+;;. The summed E-state index contributed by atoms with van der Waals surface area (Å²) in [7, 11) is -4.47. The van der Waals surface area contributed by atoms with E-state index in [0.29, 0.717) is 28.8 Å². The molecule has 0 spiro atoms. The quantitative estimate of drug-likeness (QED) is 0.191. The van der Waals surface area contributed by atoms with Crippen LogP contribution in [0.1, 0.15) is 5.56 Å². The fourth-order valence-electron chi connectivity index (χ4n) is 3.04. The van der Waals surface area contributed by atoms with Gasteiger partial charge in [0, 0.05) is 29.2 Å². The van der Waals surface area contributed by atoms with E-state index < -0.39 is 10.1 Å². The van der Waals surface area contributed by atoms with Gasteiger partial charge in [0.2, 0.25) is 0 Å². The molecule has 1 aromatic heterocycles. The van der Waals surface area contributed by atoms with Gasteiger partial charge in [0.15, 0.2) is 0 Å². The summed E-state index contributed by atoms with van der Waals surface area (Å²) in [6, 6.07) is 18.5. The predicted octanol–water partition coefficient (Wildman–Crippen LogP) is 4.41. The molecule has 3 N–H and O–H groups in total. The summed E-state index contributed by atoms with van der Waals surface area (Å²) in [5.74, 6) is 0.596. The van der Waals surface area contributed by atoms with E-state index in [-0.39, 0.29) is 45.8 Å². The van der Waals surface area contributed by atoms with Gasteiger partial charge in [-0.05, 0) is 35.9 Å². The maximum atomic E-state index is 11.8. The molecule has 0 aliphatic heterocycles. The molecular formula is C22H19N4NaO4S. The van der Waals surface area contributed by atoms with E-state index in [1.165, 1.54) is 6.07 Å². The first-order chi connectivity index (χ1) is 14.9. The summed E-state index contributed by atoms with van der Waals surface area (Å²) in [5, 5.41) is 9.05. The Hall–Kier alpha value is -2.82. The van der Waals surface area contributed by atoms with Crippen LogP contribution in [0.3, 0.4) is 0 Å². The third-order valence-corrected chi connectivity index (χ3v) is 5.44. The van der Waals surface area contributed by atoms with Crippen molar-refractivity contribution in [3.63, 3.8) is 0 Å². The van der Waals surface area contributed by atoms with Crippen molar-refractivity contribution in [2.75, 3.05) is 5.73 Å². The zero-order valence-corrected chi connectivity index (χ0v) is 17.0. The van der Waals surface area contributed by atoms with Crippen LogP contribution in [0.2, 0.25) is 0 Å². The number of pyridine rings is 1. The van der Waals surface area contributed by atoms with Gasteiger partial charge in [-0.1, -0.05) is 30.3 Å². The van der Waals surface area contributed by atoms with Gasteiger partial charge in [-0.3, -0.25) is 9.54 Å². The summed E-state index contributed by atoms with van der Waals surface area (Å²) in [6.45, 7) is 0.373. The molecule has 10 heteroatoms. The van der Waals surface area contributed by atoms with Crippen LogP contribution in [0.4, 0.5) is 17.1 Å². The molecule has 0 radical (unpaired) electrons. The third kappa shape index (κ3) is 5.50. The zero-order valence-electron chi connectivity index (χ0n) is 16.2. The Balaban J connectivity index is 0.00000289. The van der Waals surface area contributed by atoms with E-state index in [2.05, 4.69) is 15.2 Å². The van der Waals surface area contributed by atoms with Crippen molar-refractivity contribution in [2.45, 2.75) is 11.5 Å². The van der Waals surface area contributed by atoms with Gasteiger partial charge in [-0.25, -0.2) is 0 Å². The maximum absolute atomic E-state index is 11.8. The molecule has 8 nitrogen and oxygen atoms in total. The third-order valence-electron chi connectivity index (χ3n) is 4.55. The monoisotopic (exact) mass is 458 g/mol. The van der Waals surface area contributed by atoms with Gasteiger partial charge in [-0.2, -0.15) is 13.5 Å². The molecule has 1 heterocycles. The Bertz CT molecular complexity index is 1380. The van der Waals surface area contributed by atoms with Crippen molar-refractivity contribution < 1.29 is 17.7 Å². The molecule has 4 aromatic rings. The van der Waals surface area contributed by atoms with Crippen LogP contribution in [-0.4, -0.2) is 47.5 Å². The molecule has 3 aromatic carbocycles. The average molecular weight is 458 g/mol. The average Bonchev–Trinajstić information content (AvgIpc) is 2.77. The van der Waals surface area contributed by atoms with Crippen LogP contribution < -0.4 is 10.5 Å². The fourth-order valence-corrected chi connectivity index (χ4v) is 3.76. The summed E-state index contributed by atoms with van der Waals surface area (Å²) in [4.78, 5) is 3.69. The topological polar surface area (TPSA) is 127 Å². The Kier molecular flexibility index (Phi) is 7.60. The van der Waals surface area contributed by atoms with Crippen molar-refractivity contribution in [1.82, 2.24) is 4.98 Å². The predicted molar refractivity (Wildman–Crippen MR) is 125 cm³/mol. The Morgan fingerprint density at radius 2 is 1.66 bits per heavy atom. The van der Waals surface area contributed by atoms with E-state index in [1.54, 1.807) is 60.9 Å². The number of nitrogens with two attached hydrogens (primary N) is 1.